The van der Waals surface area contributed by atoms with Gasteiger partial charge in [-0.25, -0.2) is 8.42 Å². The molecule has 7 nitrogen and oxygen atoms in total. The predicted octanol–water partition coefficient (Wildman–Crippen LogP) is 6.06. The first-order chi connectivity index (χ1) is 21.2. The minimum Gasteiger partial charge on any atom is -0.354 e. The van der Waals surface area contributed by atoms with E-state index in [9.17, 15) is 18.0 Å². The molecule has 0 aliphatic carbocycles. The van der Waals surface area contributed by atoms with Crippen LogP contribution in [0.2, 0.25) is 0 Å². The van der Waals surface area contributed by atoms with Crippen LogP contribution in [0.15, 0.2) is 114 Å². The molecular formula is C36H41N3O4S. The van der Waals surface area contributed by atoms with Gasteiger partial charge in [0.1, 0.15) is 12.6 Å². The topological polar surface area (TPSA) is 86.8 Å². The van der Waals surface area contributed by atoms with Crippen molar-refractivity contribution in [1.82, 2.24) is 10.2 Å². The minimum atomic E-state index is -4.11. The highest BCUT2D eigenvalue weighted by Crippen LogP contribution is 2.25. The second-order valence-corrected chi connectivity index (χ2v) is 12.9. The number of hydrogen-bond acceptors (Lipinski definition) is 4. The maximum Gasteiger partial charge on any atom is 0.264 e. The maximum atomic E-state index is 14.4. The molecule has 0 saturated carbocycles. The van der Waals surface area contributed by atoms with Crippen LogP contribution in [0.1, 0.15) is 42.0 Å². The molecule has 0 heterocycles. The van der Waals surface area contributed by atoms with Crippen molar-refractivity contribution >= 4 is 27.5 Å². The number of hydrogen-bond donors (Lipinski definition) is 1. The third kappa shape index (κ3) is 8.57. The van der Waals surface area contributed by atoms with Gasteiger partial charge < -0.3 is 10.2 Å². The molecule has 1 atom stereocenters. The van der Waals surface area contributed by atoms with Gasteiger partial charge in [0.2, 0.25) is 11.8 Å². The average Bonchev–Trinajstić information content (AvgIpc) is 3.03. The lowest BCUT2D eigenvalue weighted by Gasteiger charge is -2.34. The van der Waals surface area contributed by atoms with E-state index < -0.39 is 28.5 Å². The maximum absolute atomic E-state index is 14.4. The summed E-state index contributed by atoms with van der Waals surface area (Å²) in [5.41, 5.74) is 4.15. The van der Waals surface area contributed by atoms with Crippen LogP contribution in [-0.4, -0.2) is 44.3 Å². The van der Waals surface area contributed by atoms with E-state index in [1.807, 2.05) is 87.5 Å². The molecule has 0 spiro atoms. The predicted molar refractivity (Wildman–Crippen MR) is 176 cm³/mol. The Morgan fingerprint density at radius 2 is 1.32 bits per heavy atom. The van der Waals surface area contributed by atoms with Gasteiger partial charge in [-0.3, -0.25) is 13.9 Å². The first-order valence-electron chi connectivity index (χ1n) is 15.0. The molecule has 0 aliphatic rings. The number of carbonyl (C=O) groups excluding carboxylic acids is 2. The molecule has 0 saturated heterocycles. The van der Waals surface area contributed by atoms with Crippen molar-refractivity contribution < 1.29 is 18.0 Å². The fourth-order valence-electron chi connectivity index (χ4n) is 4.91. The van der Waals surface area contributed by atoms with Crippen molar-refractivity contribution in [3.05, 3.63) is 131 Å². The lowest BCUT2D eigenvalue weighted by molar-refractivity contribution is -0.140. The average molecular weight is 612 g/mol. The molecule has 44 heavy (non-hydrogen) atoms. The molecule has 0 aliphatic heterocycles. The van der Waals surface area contributed by atoms with Gasteiger partial charge in [-0.05, 0) is 55.7 Å². The summed E-state index contributed by atoms with van der Waals surface area (Å²) in [7, 11) is -4.11. The van der Waals surface area contributed by atoms with Crippen LogP contribution in [-0.2, 0) is 32.6 Å². The highest BCUT2D eigenvalue weighted by Gasteiger charge is 2.34. The molecule has 4 rings (SSSR count). The highest BCUT2D eigenvalue weighted by atomic mass is 32.2. The summed E-state index contributed by atoms with van der Waals surface area (Å²) in [6.07, 6.45) is 2.01. The Labute approximate surface area is 261 Å². The quantitative estimate of drug-likeness (QED) is 0.176. The van der Waals surface area contributed by atoms with Crippen molar-refractivity contribution in [2.45, 2.75) is 57.5 Å². The first kappa shape index (κ1) is 32.5. The number of sulfonamides is 1. The van der Waals surface area contributed by atoms with Gasteiger partial charge in [0.05, 0.1) is 10.6 Å². The standard InChI is InChI=1S/C36H41N3O4S/c1-4-5-24-37-36(41)34(25-30-12-8-6-9-13-30)38(26-31-20-16-28(2)17-21-31)35(40)27-39(32-22-18-29(3)19-23-32)44(42,43)33-14-10-7-11-15-33/h6-23,34H,4-5,24-27H2,1-3H3,(H,37,41). The van der Waals surface area contributed by atoms with Crippen LogP contribution < -0.4 is 9.62 Å². The number of nitrogens with one attached hydrogen (secondary N) is 1. The number of carbonyl (C=O) groups is 2. The molecule has 230 valence electrons. The normalized spacial score (nSPS) is 11.9. The Bertz CT molecular complexity index is 1610. The minimum absolute atomic E-state index is 0.0802. The van der Waals surface area contributed by atoms with Crippen molar-refractivity contribution in [2.75, 3.05) is 17.4 Å². The van der Waals surface area contributed by atoms with Crippen LogP contribution in [0, 0.1) is 13.8 Å². The van der Waals surface area contributed by atoms with Crippen molar-refractivity contribution in [3.8, 4) is 0 Å². The molecular weight excluding hydrogens is 570 g/mol. The number of nitrogens with zero attached hydrogens (tertiary/aromatic N) is 2. The molecule has 0 aromatic heterocycles. The van der Waals surface area contributed by atoms with Crippen LogP contribution in [0.3, 0.4) is 0 Å². The van der Waals surface area contributed by atoms with Gasteiger partial charge in [0.15, 0.2) is 0 Å². The van der Waals surface area contributed by atoms with Crippen LogP contribution in [0.5, 0.6) is 0 Å². The molecule has 2 amide bonds. The van der Waals surface area contributed by atoms with E-state index in [2.05, 4.69) is 5.32 Å². The number of amides is 2. The second-order valence-electron chi connectivity index (χ2n) is 11.0. The molecule has 4 aromatic carbocycles. The molecule has 0 radical (unpaired) electrons. The van der Waals surface area contributed by atoms with E-state index in [1.165, 1.54) is 17.0 Å². The second kappa shape index (κ2) is 15.3. The number of aryl methyl sites for hydroxylation is 2. The Kier molecular flexibility index (Phi) is 11.3. The Hall–Kier alpha value is -4.43. The van der Waals surface area contributed by atoms with E-state index in [0.717, 1.165) is 39.4 Å². The van der Waals surface area contributed by atoms with Crippen molar-refractivity contribution in [1.29, 1.82) is 0 Å². The van der Waals surface area contributed by atoms with Gasteiger partial charge >= 0.3 is 0 Å². The van der Waals surface area contributed by atoms with Crippen LogP contribution in [0.4, 0.5) is 5.69 Å². The van der Waals surface area contributed by atoms with E-state index in [-0.39, 0.29) is 23.8 Å². The van der Waals surface area contributed by atoms with E-state index >= 15 is 0 Å². The van der Waals surface area contributed by atoms with Crippen molar-refractivity contribution in [2.24, 2.45) is 0 Å². The van der Waals surface area contributed by atoms with Gasteiger partial charge in [-0.2, -0.15) is 0 Å². The third-order valence-corrected chi connectivity index (χ3v) is 9.29. The zero-order chi connectivity index (χ0) is 31.5. The van der Waals surface area contributed by atoms with Crippen LogP contribution >= 0.6 is 0 Å². The summed E-state index contributed by atoms with van der Waals surface area (Å²) in [6, 6.07) is 31.6. The van der Waals surface area contributed by atoms with E-state index in [0.29, 0.717) is 12.2 Å². The van der Waals surface area contributed by atoms with Gasteiger partial charge in [-0.1, -0.05) is 109 Å². The monoisotopic (exact) mass is 611 g/mol. The number of rotatable bonds is 14. The largest absolute Gasteiger partial charge is 0.354 e. The summed E-state index contributed by atoms with van der Waals surface area (Å²) in [4.78, 5) is 29.8. The molecule has 8 heteroatoms. The Morgan fingerprint density at radius 3 is 1.91 bits per heavy atom. The molecule has 0 bridgehead atoms. The van der Waals surface area contributed by atoms with Gasteiger partial charge in [0.25, 0.3) is 10.0 Å². The Balaban J connectivity index is 1.77. The Morgan fingerprint density at radius 1 is 0.750 bits per heavy atom. The van der Waals surface area contributed by atoms with Crippen molar-refractivity contribution in [3.63, 3.8) is 0 Å². The molecule has 1 unspecified atom stereocenters. The summed E-state index contributed by atoms with van der Waals surface area (Å²) < 4.78 is 29.2. The zero-order valence-electron chi connectivity index (χ0n) is 25.6. The number of benzene rings is 4. The smallest absolute Gasteiger partial charge is 0.264 e. The molecule has 1 N–H and O–H groups in total. The molecule has 0 fully saturated rings. The SMILES string of the molecule is CCCCNC(=O)C(Cc1ccccc1)N(Cc1ccc(C)cc1)C(=O)CN(c1ccc(C)cc1)S(=O)(=O)c1ccccc1. The lowest BCUT2D eigenvalue weighted by atomic mass is 10.0. The summed E-state index contributed by atoms with van der Waals surface area (Å²) >= 11 is 0. The summed E-state index contributed by atoms with van der Waals surface area (Å²) in [5.74, 6) is -0.743. The first-order valence-corrected chi connectivity index (χ1v) is 16.4. The van der Waals surface area contributed by atoms with E-state index in [1.54, 1.807) is 30.3 Å². The third-order valence-electron chi connectivity index (χ3n) is 7.51. The highest BCUT2D eigenvalue weighted by molar-refractivity contribution is 7.92. The van der Waals surface area contributed by atoms with Gasteiger partial charge in [-0.15, -0.1) is 0 Å². The number of unbranched alkanes of at least 4 members (excludes halogenated alkanes) is 1. The fraction of sp³-hybridized carbons (Fsp3) is 0.278. The lowest BCUT2D eigenvalue weighted by Crippen LogP contribution is -2.53. The molecule has 4 aromatic rings. The summed E-state index contributed by atoms with van der Waals surface area (Å²) in [6.45, 7) is 6.11. The van der Waals surface area contributed by atoms with E-state index in [4.69, 9.17) is 0 Å². The summed E-state index contributed by atoms with van der Waals surface area (Å²) in [5, 5.41) is 3.02. The number of anilines is 1. The van der Waals surface area contributed by atoms with Gasteiger partial charge in [0, 0.05) is 19.5 Å². The van der Waals surface area contributed by atoms with Crippen LogP contribution in [0.25, 0.3) is 0 Å². The zero-order valence-corrected chi connectivity index (χ0v) is 26.5. The fourth-order valence-corrected chi connectivity index (χ4v) is 6.34.